The molecule has 0 fully saturated rings. The third kappa shape index (κ3) is 7.44. The third-order valence-corrected chi connectivity index (χ3v) is 17.7. The Morgan fingerprint density at radius 2 is 0.576 bits per heavy atom. The molecule has 0 unspecified atom stereocenters. The van der Waals surface area contributed by atoms with Gasteiger partial charge in [-0.2, -0.15) is 0 Å². The van der Waals surface area contributed by atoms with Gasteiger partial charge in [-0.25, -0.2) is 0 Å². The van der Waals surface area contributed by atoms with Gasteiger partial charge in [0.05, 0.1) is 33.4 Å². The van der Waals surface area contributed by atoms with Crippen LogP contribution in [-0.4, -0.2) is 9.13 Å². The Bertz CT molecular complexity index is 5420. The van der Waals surface area contributed by atoms with Gasteiger partial charge in [0.1, 0.15) is 22.3 Å². The first-order chi connectivity index (χ1) is 42.1. The molecule has 5 heteroatoms. The Kier molecular flexibility index (Phi) is 10.3. The summed E-state index contributed by atoms with van der Waals surface area (Å²) in [4.78, 5) is 2.30. The number of aromatic nitrogens is 2. The molecule has 0 radical (unpaired) electrons. The lowest BCUT2D eigenvalue weighted by Crippen LogP contribution is -2.09. The lowest BCUT2D eigenvalue weighted by Gasteiger charge is -2.25. The molecule has 14 aromatic carbocycles. The summed E-state index contributed by atoms with van der Waals surface area (Å²) in [6.45, 7) is 0. The van der Waals surface area contributed by atoms with Crippen LogP contribution in [0.1, 0.15) is 0 Å². The molecule has 0 aliphatic rings. The van der Waals surface area contributed by atoms with Crippen LogP contribution < -0.4 is 4.90 Å². The van der Waals surface area contributed by atoms with Crippen molar-refractivity contribution in [3.8, 4) is 44.8 Å². The second-order valence-electron chi connectivity index (χ2n) is 22.4. The van der Waals surface area contributed by atoms with Crippen molar-refractivity contribution in [2.75, 3.05) is 4.90 Å². The Morgan fingerprint density at radius 3 is 1.07 bits per heavy atom. The van der Waals surface area contributed by atoms with Crippen molar-refractivity contribution in [2.24, 2.45) is 0 Å². The second kappa shape index (κ2) is 18.6. The molecular weight excluding hydrogens is 1030 g/mol. The Balaban J connectivity index is 0.816. The molecule has 0 aliphatic heterocycles. The molecule has 18 rings (SSSR count). The van der Waals surface area contributed by atoms with E-state index in [9.17, 15) is 0 Å². The first-order valence-electron chi connectivity index (χ1n) is 29.0. The number of fused-ring (bicyclic) bond motifs is 14. The summed E-state index contributed by atoms with van der Waals surface area (Å²) in [5, 5.41) is 14.1. The fourth-order valence-electron chi connectivity index (χ4n) is 13.7. The van der Waals surface area contributed by atoms with Gasteiger partial charge in [0.25, 0.3) is 0 Å². The SMILES string of the molecule is c1ccc2c(-n3c4ccccc4c4cc(-c5cc(-c6ccc(N(c7ccc8c(c7)oc7ccccc78)c7ccc8c(c7)oc7ccccc78)cc6)cc(-c6ccc7c(c6)c6ccccc6n7-c6cccc7ccccc67)c5)ccc43)cccc2c1. The highest BCUT2D eigenvalue weighted by molar-refractivity contribution is 6.14. The van der Waals surface area contributed by atoms with Gasteiger partial charge in [-0.05, 0) is 159 Å². The molecule has 4 aromatic heterocycles. The summed E-state index contributed by atoms with van der Waals surface area (Å²) in [7, 11) is 0. The predicted octanol–water partition coefficient (Wildman–Crippen LogP) is 22.5. The average molecular weight is 1080 g/mol. The van der Waals surface area contributed by atoms with Gasteiger partial charge >= 0.3 is 0 Å². The summed E-state index contributed by atoms with van der Waals surface area (Å²) in [6, 6.07) is 108. The molecule has 0 spiro atoms. The molecule has 0 saturated carbocycles. The Hall–Kier alpha value is -11.4. The van der Waals surface area contributed by atoms with Crippen LogP contribution in [0, 0.1) is 0 Å². The largest absolute Gasteiger partial charge is 0.456 e. The first kappa shape index (κ1) is 47.3. The lowest BCUT2D eigenvalue weighted by atomic mass is 9.92. The van der Waals surface area contributed by atoms with Gasteiger partial charge in [-0.3, -0.25) is 0 Å². The van der Waals surface area contributed by atoms with Crippen LogP contribution in [0.25, 0.3) is 154 Å². The number of para-hydroxylation sites is 4. The smallest absolute Gasteiger partial charge is 0.137 e. The third-order valence-electron chi connectivity index (χ3n) is 17.7. The van der Waals surface area contributed by atoms with E-state index in [2.05, 4.69) is 287 Å². The number of hydrogen-bond acceptors (Lipinski definition) is 3. The topological polar surface area (TPSA) is 39.4 Å². The summed E-state index contributed by atoms with van der Waals surface area (Å²) >= 11 is 0. The molecule has 0 atom stereocenters. The van der Waals surface area contributed by atoms with E-state index in [0.29, 0.717) is 0 Å². The van der Waals surface area contributed by atoms with E-state index in [1.165, 1.54) is 76.5 Å². The number of nitrogens with zero attached hydrogens (tertiary/aromatic N) is 3. The highest BCUT2D eigenvalue weighted by Gasteiger charge is 2.21. The molecule has 396 valence electrons. The summed E-state index contributed by atoms with van der Waals surface area (Å²) in [5.74, 6) is 0. The van der Waals surface area contributed by atoms with Gasteiger partial charge in [-0.15, -0.1) is 0 Å². The molecule has 0 N–H and O–H groups in total. The van der Waals surface area contributed by atoms with E-state index in [1.54, 1.807) is 0 Å². The molecule has 85 heavy (non-hydrogen) atoms. The zero-order valence-corrected chi connectivity index (χ0v) is 45.9. The van der Waals surface area contributed by atoms with Crippen LogP contribution in [0.2, 0.25) is 0 Å². The van der Waals surface area contributed by atoms with Crippen LogP contribution in [0.3, 0.4) is 0 Å². The number of benzene rings is 14. The molecular formula is C80H49N3O2. The minimum absolute atomic E-state index is 0.835. The van der Waals surface area contributed by atoms with E-state index in [1.807, 2.05) is 24.3 Å². The maximum absolute atomic E-state index is 6.51. The van der Waals surface area contributed by atoms with Crippen LogP contribution in [0.5, 0.6) is 0 Å². The van der Waals surface area contributed by atoms with Crippen molar-refractivity contribution in [3.05, 3.63) is 297 Å². The molecule has 0 bridgehead atoms. The van der Waals surface area contributed by atoms with Crippen molar-refractivity contribution in [3.63, 3.8) is 0 Å². The molecule has 0 amide bonds. The van der Waals surface area contributed by atoms with Gasteiger partial charge in [0, 0.05) is 83.1 Å². The highest BCUT2D eigenvalue weighted by atomic mass is 16.3. The Labute approximate surface area is 488 Å². The van der Waals surface area contributed by atoms with Crippen molar-refractivity contribution in [1.82, 2.24) is 9.13 Å². The molecule has 18 aromatic rings. The quantitative estimate of drug-likeness (QED) is 0.152. The highest BCUT2D eigenvalue weighted by Crippen LogP contribution is 2.45. The van der Waals surface area contributed by atoms with Crippen LogP contribution in [0.15, 0.2) is 306 Å². The van der Waals surface area contributed by atoms with Gasteiger partial charge < -0.3 is 22.9 Å². The molecule has 4 heterocycles. The first-order valence-corrected chi connectivity index (χ1v) is 29.0. The van der Waals surface area contributed by atoms with E-state index < -0.39 is 0 Å². The van der Waals surface area contributed by atoms with Gasteiger partial charge in [0.15, 0.2) is 0 Å². The summed E-state index contributed by atoms with van der Waals surface area (Å²) < 4.78 is 17.9. The average Bonchev–Trinajstić information content (AvgIpc) is 4.52. The monoisotopic (exact) mass is 1080 g/mol. The molecule has 0 aliphatic carbocycles. The van der Waals surface area contributed by atoms with Crippen molar-refractivity contribution in [1.29, 1.82) is 0 Å². The maximum atomic E-state index is 6.51. The summed E-state index contributed by atoms with van der Waals surface area (Å²) in [6.07, 6.45) is 0. The van der Waals surface area contributed by atoms with E-state index in [-0.39, 0.29) is 0 Å². The zero-order chi connectivity index (χ0) is 55.7. The minimum Gasteiger partial charge on any atom is -0.456 e. The van der Waals surface area contributed by atoms with Crippen molar-refractivity contribution in [2.45, 2.75) is 0 Å². The normalized spacial score (nSPS) is 12.0. The van der Waals surface area contributed by atoms with Crippen LogP contribution in [0.4, 0.5) is 17.1 Å². The van der Waals surface area contributed by atoms with Gasteiger partial charge in [-0.1, -0.05) is 170 Å². The predicted molar refractivity (Wildman–Crippen MR) is 356 cm³/mol. The fraction of sp³-hybridized carbons (Fsp3) is 0. The number of rotatable bonds is 8. The number of anilines is 3. The maximum Gasteiger partial charge on any atom is 0.137 e. The van der Waals surface area contributed by atoms with E-state index >= 15 is 0 Å². The lowest BCUT2D eigenvalue weighted by molar-refractivity contribution is 0.669. The molecule has 5 nitrogen and oxygen atoms in total. The van der Waals surface area contributed by atoms with Crippen LogP contribution >= 0.6 is 0 Å². The molecule has 0 saturated heterocycles. The summed E-state index contributed by atoms with van der Waals surface area (Å²) in [5.41, 5.74) is 20.2. The number of hydrogen-bond donors (Lipinski definition) is 0. The Morgan fingerprint density at radius 1 is 0.212 bits per heavy atom. The number of furan rings is 2. The zero-order valence-electron chi connectivity index (χ0n) is 45.9. The fourth-order valence-corrected chi connectivity index (χ4v) is 13.7. The van der Waals surface area contributed by atoms with Crippen LogP contribution in [-0.2, 0) is 0 Å². The van der Waals surface area contributed by atoms with Crippen molar-refractivity contribution < 1.29 is 8.83 Å². The minimum atomic E-state index is 0.835. The standard InChI is InChI=1S/C80H49N3O2/c1-3-19-61-51(15-1)17-13-27-71(61)82-73-25-9-5-21-63(73)69-46-53(33-41-75(69)82)56-43-55(44-57(45-56)54-34-42-76-70(47-54)64-22-6-10-26-74(64)83(76)72-28-14-18-52-16-2-4-20-62(52)72)50-31-35-58(36-32-50)81(59-37-39-67-65-23-7-11-29-77(65)84-79(67)48-59)60-38-40-68-66-24-8-12-30-78(66)85-80(68)49-60/h1-49H. The van der Waals surface area contributed by atoms with E-state index in [4.69, 9.17) is 8.83 Å². The van der Waals surface area contributed by atoms with E-state index in [0.717, 1.165) is 94.3 Å². The van der Waals surface area contributed by atoms with Gasteiger partial charge in [0.2, 0.25) is 0 Å². The van der Waals surface area contributed by atoms with Crippen molar-refractivity contribution >= 4 is 126 Å². The second-order valence-corrected chi connectivity index (χ2v) is 22.4.